The zero-order chi connectivity index (χ0) is 12.2. The number of halogens is 1. The van der Waals surface area contributed by atoms with Crippen LogP contribution < -0.4 is 5.32 Å². The summed E-state index contributed by atoms with van der Waals surface area (Å²) in [6, 6.07) is 1.92. The molecule has 1 aromatic heterocycles. The first kappa shape index (κ1) is 13.5. The topological polar surface area (TPSA) is 25.2 Å². The van der Waals surface area contributed by atoms with Crippen molar-refractivity contribution in [1.29, 1.82) is 0 Å². The lowest BCUT2D eigenvalue weighted by Crippen LogP contribution is -2.36. The first-order valence-corrected chi connectivity index (χ1v) is 6.34. The molecule has 0 saturated heterocycles. The smallest absolute Gasteiger partial charge is 0.143 e. The van der Waals surface area contributed by atoms with Crippen LogP contribution in [-0.4, -0.2) is 12.1 Å². The van der Waals surface area contributed by atoms with Gasteiger partial charge in [-0.1, -0.05) is 6.08 Å². The summed E-state index contributed by atoms with van der Waals surface area (Å²) < 4.78 is 6.41. The van der Waals surface area contributed by atoms with E-state index >= 15 is 0 Å². The molecule has 2 nitrogen and oxygen atoms in total. The molecular weight excluding hydrogens is 266 g/mol. The van der Waals surface area contributed by atoms with E-state index in [2.05, 4.69) is 55.0 Å². The van der Waals surface area contributed by atoms with Gasteiger partial charge in [-0.25, -0.2) is 0 Å². The van der Waals surface area contributed by atoms with Gasteiger partial charge >= 0.3 is 0 Å². The van der Waals surface area contributed by atoms with Crippen molar-refractivity contribution in [2.24, 2.45) is 0 Å². The van der Waals surface area contributed by atoms with E-state index in [1.54, 1.807) is 6.26 Å². The van der Waals surface area contributed by atoms with Crippen LogP contribution in [0.25, 0.3) is 5.57 Å². The van der Waals surface area contributed by atoms with Crippen LogP contribution in [0.5, 0.6) is 0 Å². The van der Waals surface area contributed by atoms with Gasteiger partial charge < -0.3 is 9.73 Å². The molecule has 3 heteroatoms. The number of allylic oxidation sites excluding steroid dienone is 1. The van der Waals surface area contributed by atoms with Gasteiger partial charge in [0.25, 0.3) is 0 Å². The Hall–Kier alpha value is -0.540. The van der Waals surface area contributed by atoms with Crippen LogP contribution in [0.1, 0.15) is 39.9 Å². The Morgan fingerprint density at radius 2 is 2.19 bits per heavy atom. The lowest BCUT2D eigenvalue weighted by atomic mass is 10.1. The van der Waals surface area contributed by atoms with E-state index < -0.39 is 0 Å². The maximum Gasteiger partial charge on any atom is 0.143 e. The van der Waals surface area contributed by atoms with Gasteiger partial charge in [0.05, 0.1) is 10.7 Å². The monoisotopic (exact) mass is 285 g/mol. The molecule has 0 bridgehead atoms. The normalized spacial score (nSPS) is 13.2. The molecule has 1 N–H and O–H groups in total. The van der Waals surface area contributed by atoms with Crippen LogP contribution in [0.2, 0.25) is 0 Å². The molecule has 90 valence electrons. The molecule has 0 aliphatic carbocycles. The molecule has 0 aliphatic rings. The van der Waals surface area contributed by atoms with E-state index in [1.807, 2.05) is 6.07 Å². The molecule has 0 spiro atoms. The second kappa shape index (κ2) is 5.69. The van der Waals surface area contributed by atoms with E-state index in [0.29, 0.717) is 0 Å². The number of hydrogen-bond donors (Lipinski definition) is 1. The number of hydrogen-bond acceptors (Lipinski definition) is 2. The predicted molar refractivity (Wildman–Crippen MR) is 72.4 cm³/mol. The van der Waals surface area contributed by atoms with Gasteiger partial charge in [-0.15, -0.1) is 0 Å². The SMILES string of the molecule is CC(=CCCNC(C)(C)C)c1occc1Br. The minimum absolute atomic E-state index is 0.188. The molecule has 0 amide bonds. The molecule has 0 aliphatic heterocycles. The molecule has 1 heterocycles. The molecule has 0 atom stereocenters. The lowest BCUT2D eigenvalue weighted by Gasteiger charge is -2.19. The van der Waals surface area contributed by atoms with E-state index in [0.717, 1.165) is 23.2 Å². The van der Waals surface area contributed by atoms with Crippen molar-refractivity contribution >= 4 is 21.5 Å². The Morgan fingerprint density at radius 3 is 2.69 bits per heavy atom. The largest absolute Gasteiger partial charge is 0.464 e. The van der Waals surface area contributed by atoms with Gasteiger partial charge in [0, 0.05) is 5.54 Å². The van der Waals surface area contributed by atoms with Crippen molar-refractivity contribution in [3.05, 3.63) is 28.6 Å². The zero-order valence-electron chi connectivity index (χ0n) is 10.4. The molecule has 0 radical (unpaired) electrons. The zero-order valence-corrected chi connectivity index (χ0v) is 12.0. The summed E-state index contributed by atoms with van der Waals surface area (Å²) in [5, 5.41) is 3.45. The van der Waals surface area contributed by atoms with Crippen LogP contribution in [0.15, 0.2) is 27.3 Å². The quantitative estimate of drug-likeness (QED) is 0.838. The highest BCUT2D eigenvalue weighted by molar-refractivity contribution is 9.10. The molecule has 1 rings (SSSR count). The highest BCUT2D eigenvalue weighted by Gasteiger charge is 2.07. The van der Waals surface area contributed by atoms with Gasteiger partial charge in [0.15, 0.2) is 0 Å². The van der Waals surface area contributed by atoms with Crippen molar-refractivity contribution < 1.29 is 4.42 Å². The average molecular weight is 286 g/mol. The van der Waals surface area contributed by atoms with Gasteiger partial charge in [-0.3, -0.25) is 0 Å². The average Bonchev–Trinajstić information content (AvgIpc) is 2.57. The summed E-state index contributed by atoms with van der Waals surface area (Å²) in [7, 11) is 0. The van der Waals surface area contributed by atoms with Gasteiger partial charge in [-0.2, -0.15) is 0 Å². The van der Waals surface area contributed by atoms with Gasteiger partial charge in [0.2, 0.25) is 0 Å². The first-order valence-electron chi connectivity index (χ1n) is 5.55. The third-order valence-corrected chi connectivity index (χ3v) is 2.85. The van der Waals surface area contributed by atoms with E-state index in [4.69, 9.17) is 4.42 Å². The summed E-state index contributed by atoms with van der Waals surface area (Å²) in [6.07, 6.45) is 4.91. The maximum absolute atomic E-state index is 5.39. The minimum Gasteiger partial charge on any atom is -0.464 e. The van der Waals surface area contributed by atoms with Crippen LogP contribution in [0.3, 0.4) is 0 Å². The fourth-order valence-corrected chi connectivity index (χ4v) is 1.92. The fraction of sp³-hybridized carbons (Fsp3) is 0.538. The Bertz CT molecular complexity index is 360. The van der Waals surface area contributed by atoms with Crippen LogP contribution >= 0.6 is 15.9 Å². The second-order valence-electron chi connectivity index (χ2n) is 4.95. The Morgan fingerprint density at radius 1 is 1.50 bits per heavy atom. The van der Waals surface area contributed by atoms with Crippen LogP contribution in [0.4, 0.5) is 0 Å². The number of nitrogens with one attached hydrogen (secondary N) is 1. The second-order valence-corrected chi connectivity index (χ2v) is 5.80. The third kappa shape index (κ3) is 4.54. The molecule has 1 aromatic rings. The van der Waals surface area contributed by atoms with Crippen molar-refractivity contribution in [2.75, 3.05) is 6.54 Å². The van der Waals surface area contributed by atoms with Gasteiger partial charge in [0.1, 0.15) is 5.76 Å². The molecule has 0 saturated carbocycles. The van der Waals surface area contributed by atoms with E-state index in [9.17, 15) is 0 Å². The van der Waals surface area contributed by atoms with Crippen molar-refractivity contribution in [3.63, 3.8) is 0 Å². The van der Waals surface area contributed by atoms with Crippen molar-refractivity contribution in [2.45, 2.75) is 39.7 Å². The predicted octanol–water partition coefficient (Wildman–Crippen LogP) is 4.22. The maximum atomic E-state index is 5.39. The highest BCUT2D eigenvalue weighted by atomic mass is 79.9. The Labute approximate surface area is 106 Å². The summed E-state index contributed by atoms with van der Waals surface area (Å²) in [4.78, 5) is 0. The Kier molecular flexibility index (Phi) is 4.81. The third-order valence-electron chi connectivity index (χ3n) is 2.23. The molecule has 0 aromatic carbocycles. The standard InChI is InChI=1S/C13H20BrNO/c1-10(12-11(14)7-9-16-12)6-5-8-15-13(2,3)4/h6-7,9,15H,5,8H2,1-4H3. The molecule has 0 unspecified atom stereocenters. The summed E-state index contributed by atoms with van der Waals surface area (Å²) in [5.74, 6) is 0.927. The lowest BCUT2D eigenvalue weighted by molar-refractivity contribution is 0.431. The molecule has 0 fully saturated rings. The summed E-state index contributed by atoms with van der Waals surface area (Å²) in [6.45, 7) is 9.58. The summed E-state index contributed by atoms with van der Waals surface area (Å²) >= 11 is 3.46. The first-order chi connectivity index (χ1) is 7.40. The minimum atomic E-state index is 0.188. The fourth-order valence-electron chi connectivity index (χ4n) is 1.40. The highest BCUT2D eigenvalue weighted by Crippen LogP contribution is 2.25. The van der Waals surface area contributed by atoms with Crippen molar-refractivity contribution in [1.82, 2.24) is 5.32 Å². The molecular formula is C13H20BrNO. The number of furan rings is 1. The number of rotatable bonds is 4. The van der Waals surface area contributed by atoms with Crippen LogP contribution in [0, 0.1) is 0 Å². The van der Waals surface area contributed by atoms with E-state index in [1.165, 1.54) is 5.57 Å². The van der Waals surface area contributed by atoms with Crippen LogP contribution in [-0.2, 0) is 0 Å². The molecule has 16 heavy (non-hydrogen) atoms. The Balaban J connectivity index is 2.44. The summed E-state index contributed by atoms with van der Waals surface area (Å²) in [5.41, 5.74) is 1.36. The van der Waals surface area contributed by atoms with Crippen molar-refractivity contribution in [3.8, 4) is 0 Å². The van der Waals surface area contributed by atoms with Gasteiger partial charge in [-0.05, 0) is 68.2 Å². The van der Waals surface area contributed by atoms with E-state index in [-0.39, 0.29) is 5.54 Å².